The zero-order valence-electron chi connectivity index (χ0n) is 12.9. The molecule has 2 N–H and O–H groups in total. The number of carbonyl (C=O) groups excluding carboxylic acids is 1. The summed E-state index contributed by atoms with van der Waals surface area (Å²) in [6.45, 7) is 1.69. The third kappa shape index (κ3) is 3.57. The molecule has 7 heteroatoms. The molecule has 1 aromatic heterocycles. The molecule has 0 bridgehead atoms. The quantitative estimate of drug-likeness (QED) is 0.658. The van der Waals surface area contributed by atoms with Crippen molar-refractivity contribution in [2.75, 3.05) is 24.3 Å². The number of benzene rings is 1. The summed E-state index contributed by atoms with van der Waals surface area (Å²) < 4.78 is 5.25. The minimum absolute atomic E-state index is 0.00450. The van der Waals surface area contributed by atoms with E-state index < -0.39 is 17.5 Å². The van der Waals surface area contributed by atoms with Crippen LogP contribution in [0.3, 0.4) is 0 Å². The van der Waals surface area contributed by atoms with E-state index in [0.717, 1.165) is 11.8 Å². The maximum atomic E-state index is 12.1. The molecule has 1 aromatic carbocycles. The number of carboxylic acids is 1. The minimum atomic E-state index is -1.25. The Bertz CT molecular complexity index is 865. The van der Waals surface area contributed by atoms with Crippen LogP contribution in [0.15, 0.2) is 39.6 Å². The van der Waals surface area contributed by atoms with Crippen molar-refractivity contribution in [3.63, 3.8) is 0 Å². The molecule has 0 atom stereocenters. The first-order valence-electron chi connectivity index (χ1n) is 6.76. The van der Waals surface area contributed by atoms with E-state index in [1.165, 1.54) is 0 Å². The number of hydrogen-bond donors (Lipinski definition) is 2. The predicted molar refractivity (Wildman–Crippen MR) is 87.0 cm³/mol. The van der Waals surface area contributed by atoms with E-state index in [2.05, 4.69) is 5.32 Å². The molecule has 0 aliphatic heterocycles. The van der Waals surface area contributed by atoms with Gasteiger partial charge in [-0.25, -0.2) is 9.59 Å². The average molecular weight is 316 g/mol. The second-order valence-corrected chi connectivity index (χ2v) is 5.13. The van der Waals surface area contributed by atoms with Crippen molar-refractivity contribution < 1.29 is 19.1 Å². The van der Waals surface area contributed by atoms with Crippen LogP contribution >= 0.6 is 0 Å². The fraction of sp³-hybridized carbons (Fsp3) is 0.188. The van der Waals surface area contributed by atoms with Gasteiger partial charge >= 0.3 is 11.6 Å². The molecule has 0 aliphatic carbocycles. The molecule has 0 unspecified atom stereocenters. The molecule has 0 fully saturated rings. The number of aliphatic carboxylic acids is 1. The smallest absolute Gasteiger partial charge is 0.360 e. The SMILES string of the molecule is Cc1c(NC(=O)C=CC(=O)O)c(=O)oc2cc(N(C)C)ccc12. The van der Waals surface area contributed by atoms with E-state index in [1.807, 2.05) is 25.1 Å². The Kier molecular flexibility index (Phi) is 4.49. The maximum absolute atomic E-state index is 12.1. The van der Waals surface area contributed by atoms with E-state index in [0.29, 0.717) is 22.6 Å². The van der Waals surface area contributed by atoms with Crippen molar-refractivity contribution >= 4 is 34.2 Å². The molecular weight excluding hydrogens is 300 g/mol. The largest absolute Gasteiger partial charge is 0.478 e. The van der Waals surface area contributed by atoms with Crippen molar-refractivity contribution in [3.05, 3.63) is 46.3 Å². The molecular formula is C16H16N2O5. The Morgan fingerprint density at radius 1 is 1.26 bits per heavy atom. The number of amides is 1. The third-order valence-electron chi connectivity index (χ3n) is 3.29. The van der Waals surface area contributed by atoms with Crippen LogP contribution < -0.4 is 15.8 Å². The van der Waals surface area contributed by atoms with Crippen LogP contribution in [0.25, 0.3) is 11.0 Å². The fourth-order valence-electron chi connectivity index (χ4n) is 2.08. The normalized spacial score (nSPS) is 10.9. The van der Waals surface area contributed by atoms with Gasteiger partial charge in [-0.05, 0) is 24.6 Å². The van der Waals surface area contributed by atoms with Gasteiger partial charge in [-0.2, -0.15) is 0 Å². The molecule has 0 saturated heterocycles. The summed E-state index contributed by atoms with van der Waals surface area (Å²) in [5, 5.41) is 11.5. The maximum Gasteiger partial charge on any atom is 0.360 e. The Morgan fingerprint density at radius 3 is 2.57 bits per heavy atom. The molecule has 7 nitrogen and oxygen atoms in total. The van der Waals surface area contributed by atoms with Crippen LogP contribution in [0, 0.1) is 6.92 Å². The van der Waals surface area contributed by atoms with E-state index >= 15 is 0 Å². The molecule has 23 heavy (non-hydrogen) atoms. The van der Waals surface area contributed by atoms with Crippen LogP contribution in [0.1, 0.15) is 5.56 Å². The van der Waals surface area contributed by atoms with Gasteiger partial charge in [0, 0.05) is 43.4 Å². The van der Waals surface area contributed by atoms with Crippen molar-refractivity contribution in [3.8, 4) is 0 Å². The molecule has 2 rings (SSSR count). The Hall–Kier alpha value is -3.09. The van der Waals surface area contributed by atoms with Crippen molar-refractivity contribution in [2.45, 2.75) is 6.92 Å². The second kappa shape index (κ2) is 6.35. The van der Waals surface area contributed by atoms with Crippen molar-refractivity contribution in [2.24, 2.45) is 0 Å². The zero-order chi connectivity index (χ0) is 17.1. The Balaban J connectivity index is 2.46. The van der Waals surface area contributed by atoms with Gasteiger partial charge in [-0.1, -0.05) is 0 Å². The van der Waals surface area contributed by atoms with E-state index in [-0.39, 0.29) is 5.69 Å². The number of hydrogen-bond acceptors (Lipinski definition) is 5. The first kappa shape index (κ1) is 16.3. The van der Waals surface area contributed by atoms with Gasteiger partial charge < -0.3 is 19.7 Å². The molecule has 120 valence electrons. The monoisotopic (exact) mass is 316 g/mol. The fourth-order valence-corrected chi connectivity index (χ4v) is 2.08. The molecule has 0 spiro atoms. The highest BCUT2D eigenvalue weighted by atomic mass is 16.4. The highest BCUT2D eigenvalue weighted by molar-refractivity contribution is 6.03. The second-order valence-electron chi connectivity index (χ2n) is 5.13. The number of anilines is 2. The Labute approximate surface area is 131 Å². The number of rotatable bonds is 4. The highest BCUT2D eigenvalue weighted by Gasteiger charge is 2.13. The van der Waals surface area contributed by atoms with Gasteiger partial charge in [0.15, 0.2) is 0 Å². The number of fused-ring (bicyclic) bond motifs is 1. The van der Waals surface area contributed by atoms with Gasteiger partial charge in [-0.3, -0.25) is 4.79 Å². The number of nitrogens with zero attached hydrogens (tertiary/aromatic N) is 1. The lowest BCUT2D eigenvalue weighted by atomic mass is 10.1. The van der Waals surface area contributed by atoms with E-state index in [1.54, 1.807) is 19.1 Å². The van der Waals surface area contributed by atoms with Crippen molar-refractivity contribution in [1.29, 1.82) is 0 Å². The molecule has 1 heterocycles. The lowest BCUT2D eigenvalue weighted by Crippen LogP contribution is -2.17. The summed E-state index contributed by atoms with van der Waals surface area (Å²) in [6, 6.07) is 5.40. The van der Waals surface area contributed by atoms with E-state index in [9.17, 15) is 14.4 Å². The van der Waals surface area contributed by atoms with Crippen molar-refractivity contribution in [1.82, 2.24) is 0 Å². The lowest BCUT2D eigenvalue weighted by molar-refractivity contribution is -0.131. The van der Waals surface area contributed by atoms with E-state index in [4.69, 9.17) is 9.52 Å². The van der Waals surface area contributed by atoms with Gasteiger partial charge in [-0.15, -0.1) is 0 Å². The van der Waals surface area contributed by atoms with Gasteiger partial charge in [0.1, 0.15) is 11.3 Å². The molecule has 0 aliphatic rings. The number of nitrogens with one attached hydrogen (secondary N) is 1. The molecule has 1 amide bonds. The first-order chi connectivity index (χ1) is 10.8. The molecule has 2 aromatic rings. The topological polar surface area (TPSA) is 99.8 Å². The van der Waals surface area contributed by atoms with Crippen LogP contribution in [-0.2, 0) is 9.59 Å². The van der Waals surface area contributed by atoms with Gasteiger partial charge in [0.2, 0.25) is 5.91 Å². The third-order valence-corrected chi connectivity index (χ3v) is 3.29. The summed E-state index contributed by atoms with van der Waals surface area (Å²) in [5.74, 6) is -1.97. The number of carbonyl (C=O) groups is 2. The average Bonchev–Trinajstić information content (AvgIpc) is 2.48. The summed E-state index contributed by atoms with van der Waals surface area (Å²) in [4.78, 5) is 36.0. The lowest BCUT2D eigenvalue weighted by Gasteiger charge is -2.14. The summed E-state index contributed by atoms with van der Waals surface area (Å²) >= 11 is 0. The standard InChI is InChI=1S/C16H16N2O5/c1-9-11-5-4-10(18(2)3)8-12(11)23-16(22)15(9)17-13(19)6-7-14(20)21/h4-8H,1-3H3,(H,17,19)(H,20,21). The number of aryl methyl sites for hydroxylation is 1. The van der Waals surface area contributed by atoms with Crippen LogP contribution in [0.2, 0.25) is 0 Å². The first-order valence-corrected chi connectivity index (χ1v) is 6.76. The Morgan fingerprint density at radius 2 is 1.96 bits per heavy atom. The summed E-state index contributed by atoms with van der Waals surface area (Å²) in [7, 11) is 3.74. The zero-order valence-corrected chi connectivity index (χ0v) is 12.9. The van der Waals surface area contributed by atoms with Crippen LogP contribution in [0.4, 0.5) is 11.4 Å². The molecule has 0 radical (unpaired) electrons. The van der Waals surface area contributed by atoms with Gasteiger partial charge in [0.25, 0.3) is 0 Å². The number of carboxylic acid groups (broad SMARTS) is 1. The molecule has 0 saturated carbocycles. The minimum Gasteiger partial charge on any atom is -0.478 e. The van der Waals surface area contributed by atoms with Crippen LogP contribution in [-0.4, -0.2) is 31.1 Å². The van der Waals surface area contributed by atoms with Gasteiger partial charge in [0.05, 0.1) is 0 Å². The summed E-state index contributed by atoms with van der Waals surface area (Å²) in [5.41, 5.74) is 1.15. The summed E-state index contributed by atoms with van der Waals surface area (Å²) in [6.07, 6.45) is 1.53. The predicted octanol–water partition coefficient (Wildman–Crippen LogP) is 1.75. The van der Waals surface area contributed by atoms with Crippen LogP contribution in [0.5, 0.6) is 0 Å². The highest BCUT2D eigenvalue weighted by Crippen LogP contribution is 2.26.